The maximum Gasteiger partial charge on any atom is 0.272 e. The lowest BCUT2D eigenvalue weighted by atomic mass is 10.3. The van der Waals surface area contributed by atoms with Crippen molar-refractivity contribution in [2.45, 2.75) is 20.3 Å². The Morgan fingerprint density at radius 2 is 2.21 bits per heavy atom. The minimum atomic E-state index is -0.0558. The van der Waals surface area contributed by atoms with Crippen LogP contribution in [0.2, 0.25) is 0 Å². The first-order valence-electron chi connectivity index (χ1n) is 6.72. The van der Waals surface area contributed by atoms with E-state index in [1.165, 1.54) is 0 Å². The Bertz CT molecular complexity index is 396. The van der Waals surface area contributed by atoms with Crippen molar-refractivity contribution < 1.29 is 9.53 Å². The number of hydrogen-bond acceptors (Lipinski definition) is 4. The normalized spacial score (nSPS) is 10.3. The van der Waals surface area contributed by atoms with Crippen LogP contribution in [0.1, 0.15) is 30.8 Å². The van der Waals surface area contributed by atoms with Crippen LogP contribution in [0.4, 0.5) is 5.82 Å². The zero-order chi connectivity index (χ0) is 14.1. The molecule has 0 saturated heterocycles. The fourth-order valence-corrected chi connectivity index (χ4v) is 1.67. The highest BCUT2D eigenvalue weighted by atomic mass is 16.5. The van der Waals surface area contributed by atoms with Crippen LogP contribution in [0.25, 0.3) is 0 Å². The third-order valence-corrected chi connectivity index (χ3v) is 2.76. The molecule has 0 aliphatic heterocycles. The summed E-state index contributed by atoms with van der Waals surface area (Å²) in [5, 5.41) is 3.18. The van der Waals surface area contributed by atoms with Crippen molar-refractivity contribution in [2.75, 3.05) is 38.7 Å². The number of ether oxygens (including phenoxy) is 1. The van der Waals surface area contributed by atoms with Crippen LogP contribution in [0.5, 0.6) is 0 Å². The summed E-state index contributed by atoms with van der Waals surface area (Å²) >= 11 is 0. The third-order valence-electron chi connectivity index (χ3n) is 2.76. The second kappa shape index (κ2) is 8.48. The standard InChI is InChI=1S/C14H23N3O2/c1-4-9-15-13-8-6-7-12(16-13)14(18)17(5-2)10-11-19-3/h6-8H,4-5,9-11H2,1-3H3,(H,15,16). The summed E-state index contributed by atoms with van der Waals surface area (Å²) in [5.74, 6) is 0.690. The van der Waals surface area contributed by atoms with E-state index in [0.29, 0.717) is 25.4 Å². The van der Waals surface area contributed by atoms with Crippen LogP contribution in [-0.4, -0.2) is 49.1 Å². The highest BCUT2D eigenvalue weighted by Crippen LogP contribution is 2.08. The molecule has 19 heavy (non-hydrogen) atoms. The van der Waals surface area contributed by atoms with Crippen molar-refractivity contribution in [1.82, 2.24) is 9.88 Å². The molecule has 1 aromatic rings. The molecule has 1 amide bonds. The van der Waals surface area contributed by atoms with Crippen LogP contribution >= 0.6 is 0 Å². The van der Waals surface area contributed by atoms with Gasteiger partial charge in [-0.25, -0.2) is 4.98 Å². The lowest BCUT2D eigenvalue weighted by Crippen LogP contribution is -2.34. The zero-order valence-electron chi connectivity index (χ0n) is 12.0. The number of carbonyl (C=O) groups is 1. The summed E-state index contributed by atoms with van der Waals surface area (Å²) < 4.78 is 5.01. The summed E-state index contributed by atoms with van der Waals surface area (Å²) in [6.07, 6.45) is 1.02. The van der Waals surface area contributed by atoms with Gasteiger partial charge in [0, 0.05) is 26.7 Å². The van der Waals surface area contributed by atoms with Crippen molar-refractivity contribution in [1.29, 1.82) is 0 Å². The van der Waals surface area contributed by atoms with Gasteiger partial charge in [-0.15, -0.1) is 0 Å². The quantitative estimate of drug-likeness (QED) is 0.781. The van der Waals surface area contributed by atoms with E-state index in [9.17, 15) is 4.79 Å². The minimum Gasteiger partial charge on any atom is -0.383 e. The largest absolute Gasteiger partial charge is 0.383 e. The molecular formula is C14H23N3O2. The molecule has 5 nitrogen and oxygen atoms in total. The highest BCUT2D eigenvalue weighted by molar-refractivity contribution is 5.92. The predicted molar refractivity (Wildman–Crippen MR) is 76.5 cm³/mol. The number of nitrogens with one attached hydrogen (secondary N) is 1. The molecule has 0 aliphatic rings. The van der Waals surface area contributed by atoms with Gasteiger partial charge in [0.2, 0.25) is 0 Å². The van der Waals surface area contributed by atoms with Crippen molar-refractivity contribution >= 4 is 11.7 Å². The van der Waals surface area contributed by atoms with E-state index in [4.69, 9.17) is 4.74 Å². The van der Waals surface area contributed by atoms with Crippen LogP contribution in [0, 0.1) is 0 Å². The van der Waals surface area contributed by atoms with Crippen molar-refractivity contribution in [2.24, 2.45) is 0 Å². The Hall–Kier alpha value is -1.62. The van der Waals surface area contributed by atoms with Gasteiger partial charge < -0.3 is 15.0 Å². The predicted octanol–water partition coefficient (Wildman–Crippen LogP) is 2.01. The van der Waals surface area contributed by atoms with Gasteiger partial charge in [0.05, 0.1) is 6.61 Å². The zero-order valence-corrected chi connectivity index (χ0v) is 12.0. The Labute approximate surface area is 115 Å². The molecule has 1 rings (SSSR count). The van der Waals surface area contributed by atoms with Crippen LogP contribution < -0.4 is 5.32 Å². The summed E-state index contributed by atoms with van der Waals surface area (Å²) in [6.45, 7) is 6.66. The van der Waals surface area contributed by atoms with Gasteiger partial charge in [-0.2, -0.15) is 0 Å². The smallest absolute Gasteiger partial charge is 0.272 e. The molecule has 0 aromatic carbocycles. The molecule has 0 bridgehead atoms. The molecule has 0 aliphatic carbocycles. The Morgan fingerprint density at radius 1 is 1.42 bits per heavy atom. The number of pyridine rings is 1. The number of hydrogen-bond donors (Lipinski definition) is 1. The summed E-state index contributed by atoms with van der Waals surface area (Å²) in [5.41, 5.74) is 0.471. The van der Waals surface area contributed by atoms with E-state index in [0.717, 1.165) is 18.8 Å². The van der Waals surface area contributed by atoms with Crippen molar-refractivity contribution in [3.05, 3.63) is 23.9 Å². The molecule has 1 N–H and O–H groups in total. The monoisotopic (exact) mass is 265 g/mol. The number of nitrogens with zero attached hydrogens (tertiary/aromatic N) is 2. The third kappa shape index (κ3) is 4.87. The molecule has 5 heteroatoms. The van der Waals surface area contributed by atoms with Crippen molar-refractivity contribution in [3.8, 4) is 0 Å². The number of anilines is 1. The first kappa shape index (κ1) is 15.4. The molecular weight excluding hydrogens is 242 g/mol. The molecule has 0 fully saturated rings. The minimum absolute atomic E-state index is 0.0558. The molecule has 0 radical (unpaired) electrons. The fourth-order valence-electron chi connectivity index (χ4n) is 1.67. The number of likely N-dealkylation sites (N-methyl/N-ethyl adjacent to an activating group) is 1. The van der Waals surface area contributed by atoms with Crippen molar-refractivity contribution in [3.63, 3.8) is 0 Å². The Morgan fingerprint density at radius 3 is 2.84 bits per heavy atom. The van der Waals surface area contributed by atoms with E-state index >= 15 is 0 Å². The number of methoxy groups -OCH3 is 1. The van der Waals surface area contributed by atoms with Gasteiger partial charge in [0.25, 0.3) is 5.91 Å². The average Bonchev–Trinajstić information content (AvgIpc) is 2.46. The van der Waals surface area contributed by atoms with E-state index in [1.54, 1.807) is 18.1 Å². The van der Waals surface area contributed by atoms with E-state index in [2.05, 4.69) is 17.2 Å². The maximum atomic E-state index is 12.3. The van der Waals surface area contributed by atoms with E-state index < -0.39 is 0 Å². The molecule has 0 saturated carbocycles. The molecule has 1 aromatic heterocycles. The second-order valence-electron chi connectivity index (χ2n) is 4.21. The maximum absolute atomic E-state index is 12.3. The van der Waals surface area contributed by atoms with E-state index in [-0.39, 0.29) is 5.91 Å². The first-order valence-corrected chi connectivity index (χ1v) is 6.72. The van der Waals surface area contributed by atoms with Gasteiger partial charge in [0.1, 0.15) is 11.5 Å². The van der Waals surface area contributed by atoms with Gasteiger partial charge in [-0.3, -0.25) is 4.79 Å². The summed E-state index contributed by atoms with van der Waals surface area (Å²) in [7, 11) is 1.63. The van der Waals surface area contributed by atoms with Crippen LogP contribution in [0.15, 0.2) is 18.2 Å². The van der Waals surface area contributed by atoms with Gasteiger partial charge in [0.15, 0.2) is 0 Å². The Kier molecular flexibility index (Phi) is 6.89. The van der Waals surface area contributed by atoms with E-state index in [1.807, 2.05) is 19.1 Å². The number of carbonyl (C=O) groups excluding carboxylic acids is 1. The molecule has 0 spiro atoms. The number of amides is 1. The lowest BCUT2D eigenvalue weighted by molar-refractivity contribution is 0.0701. The summed E-state index contributed by atoms with van der Waals surface area (Å²) in [4.78, 5) is 18.4. The SMILES string of the molecule is CCCNc1cccc(C(=O)N(CC)CCOC)n1. The van der Waals surface area contributed by atoms with Gasteiger partial charge in [-0.05, 0) is 25.5 Å². The molecule has 106 valence electrons. The van der Waals surface area contributed by atoms with Gasteiger partial charge >= 0.3 is 0 Å². The summed E-state index contributed by atoms with van der Waals surface area (Å²) in [6, 6.07) is 5.47. The molecule has 0 unspecified atom stereocenters. The highest BCUT2D eigenvalue weighted by Gasteiger charge is 2.15. The topological polar surface area (TPSA) is 54.5 Å². The number of aromatic nitrogens is 1. The second-order valence-corrected chi connectivity index (χ2v) is 4.21. The van der Waals surface area contributed by atoms with Crippen LogP contribution in [-0.2, 0) is 4.74 Å². The molecule has 0 atom stereocenters. The fraction of sp³-hybridized carbons (Fsp3) is 0.571. The first-order chi connectivity index (χ1) is 9.22. The van der Waals surface area contributed by atoms with Crippen LogP contribution in [0.3, 0.4) is 0 Å². The Balaban J connectivity index is 2.74. The van der Waals surface area contributed by atoms with Gasteiger partial charge in [-0.1, -0.05) is 13.0 Å². The average molecular weight is 265 g/mol. The number of rotatable bonds is 8. The molecule has 1 heterocycles. The lowest BCUT2D eigenvalue weighted by Gasteiger charge is -2.20.